The molecule has 0 fully saturated rings. The molecular formula is C23H19N3O7S. The Morgan fingerprint density at radius 2 is 1.68 bits per heavy atom. The lowest BCUT2D eigenvalue weighted by Gasteiger charge is -2.16. The highest BCUT2D eigenvalue weighted by molar-refractivity contribution is 7.87. The normalized spacial score (nSPS) is 11.2. The largest absolute Gasteiger partial charge is 0.465 e. The van der Waals surface area contributed by atoms with E-state index >= 15 is 0 Å². The van der Waals surface area contributed by atoms with E-state index in [-0.39, 0.29) is 22.7 Å². The fraction of sp³-hybridized carbons (Fsp3) is 0.130. The third-order valence-electron chi connectivity index (χ3n) is 4.81. The molecule has 0 spiro atoms. The summed E-state index contributed by atoms with van der Waals surface area (Å²) in [7, 11) is -3.38. The van der Waals surface area contributed by atoms with E-state index in [1.165, 1.54) is 24.5 Å². The minimum atomic E-state index is -4.44. The minimum Gasteiger partial charge on any atom is -0.465 e. The highest BCUT2D eigenvalue weighted by Gasteiger charge is 2.31. The first-order valence-corrected chi connectivity index (χ1v) is 11.4. The molecule has 4 rings (SSSR count). The van der Waals surface area contributed by atoms with Crippen LogP contribution in [0.3, 0.4) is 0 Å². The molecule has 11 heteroatoms. The fourth-order valence-electron chi connectivity index (χ4n) is 3.11. The van der Waals surface area contributed by atoms with Crippen LogP contribution in [0.4, 0.5) is 0 Å². The minimum absolute atomic E-state index is 0.0328. The van der Waals surface area contributed by atoms with Crippen LogP contribution >= 0.6 is 0 Å². The number of esters is 1. The van der Waals surface area contributed by atoms with E-state index in [0.717, 1.165) is 23.0 Å². The summed E-state index contributed by atoms with van der Waals surface area (Å²) >= 11 is 0. The van der Waals surface area contributed by atoms with E-state index < -0.39 is 33.0 Å². The molecule has 10 nitrogen and oxygen atoms in total. The van der Waals surface area contributed by atoms with Gasteiger partial charge in [0.15, 0.2) is 16.8 Å². The van der Waals surface area contributed by atoms with Crippen LogP contribution in [0.25, 0.3) is 11.2 Å². The van der Waals surface area contributed by atoms with Gasteiger partial charge in [0.2, 0.25) is 5.65 Å². The van der Waals surface area contributed by atoms with Gasteiger partial charge in [-0.15, -0.1) is 4.73 Å². The van der Waals surface area contributed by atoms with E-state index in [1.807, 2.05) is 6.07 Å². The van der Waals surface area contributed by atoms with Crippen molar-refractivity contribution in [3.8, 4) is 5.75 Å². The molecule has 0 aliphatic heterocycles. The summed E-state index contributed by atoms with van der Waals surface area (Å²) in [6.45, 7) is 1.76. The first-order valence-electron chi connectivity index (χ1n) is 9.98. The molecule has 0 saturated heterocycles. The zero-order valence-corrected chi connectivity index (χ0v) is 19.0. The van der Waals surface area contributed by atoms with E-state index in [4.69, 9.17) is 13.8 Å². The fourth-order valence-corrected chi connectivity index (χ4v) is 4.06. The zero-order chi connectivity index (χ0) is 24.3. The van der Waals surface area contributed by atoms with Gasteiger partial charge in [0.1, 0.15) is 11.5 Å². The number of rotatable bonds is 7. The number of hydrogen-bond donors (Lipinski definition) is 0. The lowest BCUT2D eigenvalue weighted by molar-refractivity contribution is 0.0581. The van der Waals surface area contributed by atoms with Crippen molar-refractivity contribution in [1.29, 1.82) is 0 Å². The molecule has 0 radical (unpaired) electrons. The van der Waals surface area contributed by atoms with Gasteiger partial charge in [-0.05, 0) is 24.6 Å². The zero-order valence-electron chi connectivity index (χ0n) is 18.2. The standard InChI is InChI=1S/C23H19N3O7S/c1-15-8-10-17(11-9-15)34(29,30)33-20-18(23(28)31-2)22(27)26(21-19(20)24-12-13-25-21)32-14-16-6-4-3-5-7-16/h3-13H,14H2,1-2H3. The van der Waals surface area contributed by atoms with E-state index in [9.17, 15) is 18.0 Å². The molecule has 0 unspecified atom stereocenters. The molecule has 174 valence electrons. The van der Waals surface area contributed by atoms with Crippen molar-refractivity contribution in [3.05, 3.63) is 94.0 Å². The Bertz CT molecular complexity index is 1520. The number of pyridine rings is 1. The van der Waals surface area contributed by atoms with Gasteiger partial charge < -0.3 is 13.8 Å². The number of hydrogen-bond acceptors (Lipinski definition) is 9. The summed E-state index contributed by atoms with van der Waals surface area (Å²) in [5.41, 5.74) is -0.433. The second-order valence-electron chi connectivity index (χ2n) is 7.13. The van der Waals surface area contributed by atoms with Gasteiger partial charge in [0, 0.05) is 12.4 Å². The third kappa shape index (κ3) is 4.46. The van der Waals surface area contributed by atoms with Gasteiger partial charge >= 0.3 is 21.6 Å². The molecule has 4 aromatic rings. The van der Waals surface area contributed by atoms with E-state index in [1.54, 1.807) is 43.3 Å². The van der Waals surface area contributed by atoms with Gasteiger partial charge in [0.05, 0.1) is 7.11 Å². The number of carbonyl (C=O) groups is 1. The number of aromatic nitrogens is 3. The highest BCUT2D eigenvalue weighted by Crippen LogP contribution is 2.28. The molecular weight excluding hydrogens is 462 g/mol. The van der Waals surface area contributed by atoms with Gasteiger partial charge in [-0.3, -0.25) is 4.79 Å². The number of carbonyl (C=O) groups excluding carboxylic acids is 1. The van der Waals surface area contributed by atoms with Crippen LogP contribution in [0.5, 0.6) is 5.75 Å². The Morgan fingerprint density at radius 3 is 2.35 bits per heavy atom. The number of aryl methyl sites for hydroxylation is 1. The number of nitrogens with zero attached hydrogens (tertiary/aromatic N) is 3. The van der Waals surface area contributed by atoms with Crippen molar-refractivity contribution in [3.63, 3.8) is 0 Å². The first kappa shape index (κ1) is 22.9. The number of methoxy groups -OCH3 is 1. The van der Waals surface area contributed by atoms with Crippen LogP contribution in [0.15, 0.2) is 76.7 Å². The quantitative estimate of drug-likeness (QED) is 0.288. The van der Waals surface area contributed by atoms with Crippen LogP contribution in [0.2, 0.25) is 0 Å². The molecule has 0 aliphatic rings. The molecule has 0 atom stereocenters. The molecule has 2 aromatic carbocycles. The van der Waals surface area contributed by atoms with Crippen molar-refractivity contribution >= 4 is 27.3 Å². The highest BCUT2D eigenvalue weighted by atomic mass is 32.2. The monoisotopic (exact) mass is 481 g/mol. The Morgan fingerprint density at radius 1 is 1.00 bits per heavy atom. The smallest absolute Gasteiger partial charge is 0.347 e. The van der Waals surface area contributed by atoms with Gasteiger partial charge in [0.25, 0.3) is 0 Å². The molecule has 2 aromatic heterocycles. The Kier molecular flexibility index (Phi) is 6.28. The lowest BCUT2D eigenvalue weighted by Crippen LogP contribution is -2.33. The summed E-state index contributed by atoms with van der Waals surface area (Å²) in [6, 6.07) is 14.9. The molecule has 34 heavy (non-hydrogen) atoms. The molecule has 0 saturated carbocycles. The van der Waals surface area contributed by atoms with Crippen molar-refractivity contribution in [2.45, 2.75) is 18.4 Å². The van der Waals surface area contributed by atoms with Crippen LogP contribution < -0.4 is 14.6 Å². The molecule has 0 N–H and O–H groups in total. The van der Waals surface area contributed by atoms with Gasteiger partial charge in [-0.2, -0.15) is 8.42 Å². The maximum absolute atomic E-state index is 13.3. The summed E-state index contributed by atoms with van der Waals surface area (Å²) in [5.74, 6) is -1.72. The number of ether oxygens (including phenoxy) is 1. The summed E-state index contributed by atoms with van der Waals surface area (Å²) < 4.78 is 36.7. The molecule has 0 bridgehead atoms. The third-order valence-corrected chi connectivity index (χ3v) is 6.04. The van der Waals surface area contributed by atoms with Crippen LogP contribution in [-0.4, -0.2) is 36.2 Å². The van der Waals surface area contributed by atoms with Crippen molar-refractivity contribution in [2.24, 2.45) is 0 Å². The maximum atomic E-state index is 13.3. The molecule has 2 heterocycles. The number of benzene rings is 2. The van der Waals surface area contributed by atoms with Crippen LogP contribution in [-0.2, 0) is 21.5 Å². The Hall–Kier alpha value is -4.25. The number of fused-ring (bicyclic) bond motifs is 1. The first-order chi connectivity index (χ1) is 16.3. The summed E-state index contributed by atoms with van der Waals surface area (Å²) in [5, 5.41) is 0. The lowest BCUT2D eigenvalue weighted by atomic mass is 10.2. The molecule has 0 aliphatic carbocycles. The SMILES string of the molecule is COC(=O)c1c(OS(=O)(=O)c2ccc(C)cc2)c2nccnc2n(OCc2ccccc2)c1=O. The Balaban J connectivity index is 1.89. The van der Waals surface area contributed by atoms with Crippen molar-refractivity contribution in [1.82, 2.24) is 14.7 Å². The topological polar surface area (TPSA) is 127 Å². The summed E-state index contributed by atoms with van der Waals surface area (Å²) in [4.78, 5) is 39.5. The predicted octanol–water partition coefficient (Wildman–Crippen LogP) is 2.28. The second-order valence-corrected chi connectivity index (χ2v) is 8.68. The van der Waals surface area contributed by atoms with Gasteiger partial charge in [-0.25, -0.2) is 14.8 Å². The predicted molar refractivity (Wildman–Crippen MR) is 121 cm³/mol. The van der Waals surface area contributed by atoms with E-state index in [2.05, 4.69) is 9.97 Å². The summed E-state index contributed by atoms with van der Waals surface area (Å²) in [6.07, 6.45) is 2.56. The molecule has 0 amide bonds. The Labute approximate surface area is 194 Å². The average molecular weight is 481 g/mol. The second kappa shape index (κ2) is 9.32. The average Bonchev–Trinajstić information content (AvgIpc) is 2.84. The van der Waals surface area contributed by atoms with E-state index in [0.29, 0.717) is 0 Å². The maximum Gasteiger partial charge on any atom is 0.347 e. The van der Waals surface area contributed by atoms with Crippen molar-refractivity contribution in [2.75, 3.05) is 7.11 Å². The van der Waals surface area contributed by atoms with Crippen LogP contribution in [0, 0.1) is 6.92 Å². The van der Waals surface area contributed by atoms with Crippen LogP contribution in [0.1, 0.15) is 21.5 Å². The van der Waals surface area contributed by atoms with Crippen molar-refractivity contribution < 1.29 is 27.0 Å². The van der Waals surface area contributed by atoms with Gasteiger partial charge in [-0.1, -0.05) is 48.0 Å².